The first-order chi connectivity index (χ1) is 13.7. The molecule has 3 rings (SSSR count). The topological polar surface area (TPSA) is 91.2 Å². The Bertz CT molecular complexity index is 1130. The van der Waals surface area contributed by atoms with E-state index in [9.17, 15) is 33.0 Å². The van der Waals surface area contributed by atoms with Crippen molar-refractivity contribution in [1.82, 2.24) is 10.1 Å². The van der Waals surface area contributed by atoms with E-state index in [-0.39, 0.29) is 29.4 Å². The number of amides is 1. The zero-order valence-corrected chi connectivity index (χ0v) is 15.2. The Morgan fingerprint density at radius 1 is 1.03 bits per heavy atom. The predicted octanol–water partition coefficient (Wildman–Crippen LogP) is 5.35. The number of hydrogen-bond donors (Lipinski definition) is 1. The molecule has 162 valence electrons. The number of benzene rings is 2. The van der Waals surface area contributed by atoms with Crippen LogP contribution in [0.5, 0.6) is 5.75 Å². The number of rotatable bonds is 6. The zero-order valence-electron chi connectivity index (χ0n) is 14.4. The number of carbonyl (C=O) groups excluding carboxylic acids is 1. The van der Waals surface area contributed by atoms with E-state index in [1.165, 1.54) is 0 Å². The van der Waals surface area contributed by atoms with Gasteiger partial charge in [-0.15, -0.1) is 0 Å². The number of primary amides is 1. The van der Waals surface area contributed by atoms with Gasteiger partial charge in [-0.3, -0.25) is 4.79 Å². The first-order valence-corrected chi connectivity index (χ1v) is 9.68. The lowest BCUT2D eigenvalue weighted by molar-refractivity contribution is 0.0990. The summed E-state index contributed by atoms with van der Waals surface area (Å²) in [4.78, 5) is 12.8. The third-order valence-corrected chi connectivity index (χ3v) is 4.84. The van der Waals surface area contributed by atoms with Gasteiger partial charge in [0, 0.05) is 5.56 Å². The van der Waals surface area contributed by atoms with Gasteiger partial charge in [-0.05, 0) is 36.4 Å². The van der Waals surface area contributed by atoms with E-state index in [0.717, 1.165) is 24.3 Å². The quantitative estimate of drug-likeness (QED) is 0.504. The summed E-state index contributed by atoms with van der Waals surface area (Å²) < 4.78 is 101. The van der Waals surface area contributed by atoms with Crippen LogP contribution in [0.15, 0.2) is 45.8 Å². The van der Waals surface area contributed by atoms with Crippen molar-refractivity contribution < 1.29 is 42.3 Å². The molecule has 0 spiro atoms. The SMILES string of the molecule is NC(=O)c1c(F)ccc(OCc2nc(-c3ccc(S(F)(F)(F)(F)F)cc3)no2)c1F. The maximum atomic E-state index is 14.1. The van der Waals surface area contributed by atoms with Crippen LogP contribution < -0.4 is 10.5 Å². The Labute approximate surface area is 163 Å². The number of carbonyl (C=O) groups is 1. The maximum Gasteiger partial charge on any atom is 0.310 e. The first-order valence-electron chi connectivity index (χ1n) is 7.73. The fourth-order valence-corrected chi connectivity index (χ4v) is 2.95. The second kappa shape index (κ2) is 6.35. The van der Waals surface area contributed by atoms with Crippen molar-refractivity contribution >= 4 is 16.1 Å². The molecule has 14 heteroatoms. The lowest BCUT2D eigenvalue weighted by atomic mass is 10.1. The molecule has 6 nitrogen and oxygen atoms in total. The molecule has 0 atom stereocenters. The average molecular weight is 457 g/mol. The second-order valence-electron chi connectivity index (χ2n) is 5.89. The third kappa shape index (κ3) is 4.48. The van der Waals surface area contributed by atoms with E-state index < -0.39 is 50.6 Å². The maximum absolute atomic E-state index is 14.1. The van der Waals surface area contributed by atoms with E-state index in [1.54, 1.807) is 0 Å². The molecule has 2 N–H and O–H groups in total. The molecular formula is C16H10F7N3O3S. The van der Waals surface area contributed by atoms with Crippen LogP contribution >= 0.6 is 10.2 Å². The highest BCUT2D eigenvalue weighted by Gasteiger charge is 2.65. The summed E-state index contributed by atoms with van der Waals surface area (Å²) in [6.45, 7) is -0.558. The van der Waals surface area contributed by atoms with Crippen molar-refractivity contribution in [2.24, 2.45) is 5.73 Å². The molecule has 0 saturated heterocycles. The summed E-state index contributed by atoms with van der Waals surface area (Å²) in [6.07, 6.45) is 0. The fraction of sp³-hybridized carbons (Fsp3) is 0.0625. The molecule has 0 unspecified atom stereocenters. The molecule has 0 fully saturated rings. The van der Waals surface area contributed by atoms with Crippen LogP contribution in [-0.2, 0) is 6.61 Å². The van der Waals surface area contributed by atoms with E-state index in [2.05, 4.69) is 10.1 Å². The van der Waals surface area contributed by atoms with Crippen molar-refractivity contribution in [2.45, 2.75) is 11.5 Å². The summed E-state index contributed by atoms with van der Waals surface area (Å²) in [5.74, 6) is -4.97. The van der Waals surface area contributed by atoms with Crippen LogP contribution in [0, 0.1) is 11.6 Å². The van der Waals surface area contributed by atoms with E-state index in [1.807, 2.05) is 0 Å². The van der Waals surface area contributed by atoms with Gasteiger partial charge in [-0.25, -0.2) is 8.78 Å². The van der Waals surface area contributed by atoms with E-state index in [0.29, 0.717) is 0 Å². The van der Waals surface area contributed by atoms with Crippen molar-refractivity contribution in [3.63, 3.8) is 0 Å². The number of ether oxygens (including phenoxy) is 1. The minimum absolute atomic E-state index is 0.0698. The van der Waals surface area contributed by atoms with Crippen molar-refractivity contribution in [3.8, 4) is 17.1 Å². The van der Waals surface area contributed by atoms with Crippen molar-refractivity contribution in [3.05, 3.63) is 59.5 Å². The van der Waals surface area contributed by atoms with Crippen LogP contribution in [0.25, 0.3) is 11.4 Å². The Hall–Kier alpha value is -3.29. The first kappa shape index (κ1) is 21.4. The summed E-state index contributed by atoms with van der Waals surface area (Å²) in [5.41, 5.74) is 3.80. The standard InChI is InChI=1S/C16H10F7N3O3S/c17-10-5-6-11(14(18)13(10)15(24)27)28-7-12-25-16(26-29-12)8-1-3-9(4-2-8)30(19,20,21,22)23/h1-6H,7H2,(H2,24,27). The molecule has 2 aromatic carbocycles. The lowest BCUT2D eigenvalue weighted by Gasteiger charge is -2.40. The van der Waals surface area contributed by atoms with E-state index in [4.69, 9.17) is 15.0 Å². The van der Waals surface area contributed by atoms with Gasteiger partial charge >= 0.3 is 10.2 Å². The largest absolute Gasteiger partial charge is 0.481 e. The normalized spacial score (nSPS) is 14.1. The van der Waals surface area contributed by atoms with Gasteiger partial charge in [-0.2, -0.15) is 4.98 Å². The molecule has 1 amide bonds. The van der Waals surface area contributed by atoms with Gasteiger partial charge < -0.3 is 15.0 Å². The highest BCUT2D eigenvalue weighted by atomic mass is 32.5. The number of aromatic nitrogens is 2. The van der Waals surface area contributed by atoms with Crippen LogP contribution in [0.1, 0.15) is 16.2 Å². The summed E-state index contributed by atoms with van der Waals surface area (Å²) in [6, 6.07) is 3.44. The molecule has 0 aliphatic carbocycles. The minimum Gasteiger partial charge on any atom is -0.481 e. The fourth-order valence-electron chi connectivity index (χ4n) is 2.30. The summed E-state index contributed by atoms with van der Waals surface area (Å²) in [7, 11) is -9.81. The Kier molecular flexibility index (Phi) is 4.54. The monoisotopic (exact) mass is 457 g/mol. The Morgan fingerprint density at radius 2 is 1.67 bits per heavy atom. The lowest BCUT2D eigenvalue weighted by Crippen LogP contribution is -2.16. The van der Waals surface area contributed by atoms with Crippen molar-refractivity contribution in [1.29, 1.82) is 0 Å². The minimum atomic E-state index is -9.81. The molecule has 1 heterocycles. The molecule has 0 bridgehead atoms. The molecule has 0 radical (unpaired) electrons. The average Bonchev–Trinajstić information content (AvgIpc) is 3.08. The van der Waals surface area contributed by atoms with Gasteiger partial charge in [0.1, 0.15) is 16.3 Å². The van der Waals surface area contributed by atoms with E-state index >= 15 is 0 Å². The smallest absolute Gasteiger partial charge is 0.310 e. The number of hydrogen-bond acceptors (Lipinski definition) is 5. The van der Waals surface area contributed by atoms with Crippen molar-refractivity contribution in [2.75, 3.05) is 0 Å². The number of halogens is 7. The Balaban J connectivity index is 1.77. The van der Waals surface area contributed by atoms with Gasteiger partial charge in [0.25, 0.3) is 11.8 Å². The summed E-state index contributed by atoms with van der Waals surface area (Å²) in [5, 5.41) is 3.45. The van der Waals surface area contributed by atoms with Gasteiger partial charge in [0.2, 0.25) is 5.82 Å². The molecule has 1 aromatic heterocycles. The third-order valence-electron chi connectivity index (χ3n) is 3.68. The zero-order chi connectivity index (χ0) is 22.4. The van der Waals surface area contributed by atoms with Gasteiger partial charge in [-0.1, -0.05) is 24.6 Å². The molecule has 0 saturated carbocycles. The molecule has 0 aliphatic rings. The Morgan fingerprint density at radius 3 is 2.23 bits per heavy atom. The van der Waals surface area contributed by atoms with Crippen LogP contribution in [0.4, 0.5) is 28.2 Å². The summed E-state index contributed by atoms with van der Waals surface area (Å²) >= 11 is 0. The second-order valence-corrected chi connectivity index (χ2v) is 8.30. The molecule has 30 heavy (non-hydrogen) atoms. The molecule has 3 aromatic rings. The van der Waals surface area contributed by atoms with Gasteiger partial charge in [0.05, 0.1) is 0 Å². The molecule has 0 aliphatic heterocycles. The highest BCUT2D eigenvalue weighted by Crippen LogP contribution is 3.02. The van der Waals surface area contributed by atoms with Crippen LogP contribution in [0.3, 0.4) is 0 Å². The van der Waals surface area contributed by atoms with Gasteiger partial charge in [0.15, 0.2) is 18.2 Å². The molecular weight excluding hydrogens is 447 g/mol. The number of nitrogens with zero attached hydrogens (tertiary/aromatic N) is 2. The van der Waals surface area contributed by atoms with Crippen LogP contribution in [0.2, 0.25) is 0 Å². The predicted molar refractivity (Wildman–Crippen MR) is 90.3 cm³/mol. The van der Waals surface area contributed by atoms with Crippen LogP contribution in [-0.4, -0.2) is 16.0 Å². The highest BCUT2D eigenvalue weighted by molar-refractivity contribution is 8.45. The number of nitrogens with two attached hydrogens (primary N) is 1.